The van der Waals surface area contributed by atoms with Crippen molar-refractivity contribution in [1.29, 1.82) is 0 Å². The van der Waals surface area contributed by atoms with Crippen molar-refractivity contribution in [3.63, 3.8) is 0 Å². The van der Waals surface area contributed by atoms with E-state index in [4.69, 9.17) is 15.8 Å². The third-order valence-electron chi connectivity index (χ3n) is 3.85. The topological polar surface area (TPSA) is 107 Å². The number of halogens is 1. The maximum Gasteiger partial charge on any atom is 0.451 e. The largest absolute Gasteiger partial charge is 0.480 e. The number of carboxylic acids is 1. The van der Waals surface area contributed by atoms with Gasteiger partial charge in [-0.2, -0.15) is 0 Å². The summed E-state index contributed by atoms with van der Waals surface area (Å²) in [6.45, 7) is 0.810. The Bertz CT molecular complexity index is 320. The van der Waals surface area contributed by atoms with Crippen molar-refractivity contribution >= 4 is 25.5 Å². The summed E-state index contributed by atoms with van der Waals surface area (Å²) in [6, 6.07) is 0. The van der Waals surface area contributed by atoms with E-state index < -0.39 is 18.6 Å². The highest BCUT2D eigenvalue weighted by Crippen LogP contribution is 2.37. The molecule has 0 aliphatic heterocycles. The second kappa shape index (κ2) is 8.19. The monoisotopic (exact) mass is 308 g/mol. The van der Waals surface area contributed by atoms with Crippen LogP contribution in [0.25, 0.3) is 0 Å². The SMILES string of the molecule is CN(C)C[C@@H]1C[C@@H](CCB(O)O)CC(N)(C(=O)O)C1.Cl. The first kappa shape index (κ1) is 19.7. The minimum Gasteiger partial charge on any atom is -0.480 e. The molecule has 0 saturated heterocycles. The van der Waals surface area contributed by atoms with Crippen LogP contribution in [0.1, 0.15) is 25.7 Å². The molecule has 1 unspecified atom stereocenters. The van der Waals surface area contributed by atoms with E-state index >= 15 is 0 Å². The Morgan fingerprint density at radius 1 is 1.35 bits per heavy atom. The summed E-state index contributed by atoms with van der Waals surface area (Å²) >= 11 is 0. The number of hydrogen-bond donors (Lipinski definition) is 4. The highest BCUT2D eigenvalue weighted by atomic mass is 35.5. The average Bonchev–Trinajstić information content (AvgIpc) is 2.24. The number of carboxylic acid groups (broad SMARTS) is 1. The van der Waals surface area contributed by atoms with Crippen LogP contribution in [0.3, 0.4) is 0 Å². The number of carbonyl (C=O) groups is 1. The van der Waals surface area contributed by atoms with Gasteiger partial charge in [0, 0.05) is 6.54 Å². The van der Waals surface area contributed by atoms with E-state index in [0.717, 1.165) is 13.0 Å². The standard InChI is InChI=1S/C12H25BN2O4.ClH/c1-15(2)8-10-5-9(3-4-13(18)19)6-12(14,7-10)11(16)17;/h9-10,18-19H,3-8,14H2,1-2H3,(H,16,17);1H/t9-,10-,12?;/m1./s1. The third-order valence-corrected chi connectivity index (χ3v) is 3.85. The van der Waals surface area contributed by atoms with Gasteiger partial charge in [0.2, 0.25) is 0 Å². The number of rotatable bonds is 6. The van der Waals surface area contributed by atoms with E-state index in [1.54, 1.807) is 0 Å². The summed E-state index contributed by atoms with van der Waals surface area (Å²) in [5.41, 5.74) is 4.85. The Hall–Kier alpha value is -0.335. The molecule has 0 heterocycles. The molecule has 0 spiro atoms. The minimum atomic E-state index is -1.33. The molecule has 1 saturated carbocycles. The van der Waals surface area contributed by atoms with Gasteiger partial charge in [-0.15, -0.1) is 12.4 Å². The van der Waals surface area contributed by atoms with Gasteiger partial charge in [-0.25, -0.2) is 0 Å². The molecule has 1 fully saturated rings. The maximum atomic E-state index is 11.4. The van der Waals surface area contributed by atoms with E-state index in [1.807, 2.05) is 19.0 Å². The predicted octanol–water partition coefficient (Wildman–Crippen LogP) is 0.0311. The van der Waals surface area contributed by atoms with Gasteiger partial charge >= 0.3 is 13.1 Å². The number of nitrogens with zero attached hydrogens (tertiary/aromatic N) is 1. The first-order valence-corrected chi connectivity index (χ1v) is 6.76. The van der Waals surface area contributed by atoms with E-state index in [-0.39, 0.29) is 30.6 Å². The van der Waals surface area contributed by atoms with E-state index in [1.165, 1.54) is 0 Å². The van der Waals surface area contributed by atoms with E-state index in [2.05, 4.69) is 0 Å². The molecule has 0 aromatic carbocycles. The first-order chi connectivity index (χ1) is 8.73. The Labute approximate surface area is 126 Å². The zero-order chi connectivity index (χ0) is 14.6. The summed E-state index contributed by atoms with van der Waals surface area (Å²) < 4.78 is 0. The molecule has 118 valence electrons. The molecule has 0 aromatic heterocycles. The second-order valence-electron chi connectivity index (χ2n) is 6.16. The summed E-state index contributed by atoms with van der Waals surface area (Å²) in [7, 11) is 2.59. The van der Waals surface area contributed by atoms with Gasteiger partial charge in [-0.1, -0.05) is 6.42 Å². The number of aliphatic carboxylic acids is 1. The highest BCUT2D eigenvalue weighted by molar-refractivity contribution is 6.40. The average molecular weight is 309 g/mol. The van der Waals surface area contributed by atoms with Crippen molar-refractivity contribution in [2.24, 2.45) is 17.6 Å². The molecular formula is C12H26BClN2O4. The van der Waals surface area contributed by atoms with Crippen LogP contribution in [-0.2, 0) is 4.79 Å². The van der Waals surface area contributed by atoms with Gasteiger partial charge < -0.3 is 25.8 Å². The summed E-state index contributed by atoms with van der Waals surface area (Å²) in [6.07, 6.45) is 2.68. The molecule has 0 radical (unpaired) electrons. The molecule has 5 N–H and O–H groups in total. The lowest BCUT2D eigenvalue weighted by Gasteiger charge is -2.40. The number of nitrogens with two attached hydrogens (primary N) is 1. The Morgan fingerprint density at radius 3 is 2.35 bits per heavy atom. The van der Waals surface area contributed by atoms with Gasteiger partial charge in [0.25, 0.3) is 0 Å². The van der Waals surface area contributed by atoms with Crippen LogP contribution < -0.4 is 5.73 Å². The lowest BCUT2D eigenvalue weighted by molar-refractivity contribution is -0.146. The normalized spacial score (nSPS) is 29.9. The van der Waals surface area contributed by atoms with Crippen LogP contribution >= 0.6 is 12.4 Å². The van der Waals surface area contributed by atoms with Gasteiger partial charge in [-0.3, -0.25) is 4.79 Å². The van der Waals surface area contributed by atoms with Crippen LogP contribution in [0.5, 0.6) is 0 Å². The molecule has 6 nitrogen and oxygen atoms in total. The van der Waals surface area contributed by atoms with Crippen molar-refractivity contribution in [3.8, 4) is 0 Å². The molecular weight excluding hydrogens is 282 g/mol. The molecule has 8 heteroatoms. The van der Waals surface area contributed by atoms with Crippen molar-refractivity contribution in [2.75, 3.05) is 20.6 Å². The molecule has 20 heavy (non-hydrogen) atoms. The second-order valence-corrected chi connectivity index (χ2v) is 6.16. The van der Waals surface area contributed by atoms with Gasteiger partial charge in [0.1, 0.15) is 5.54 Å². The Morgan fingerprint density at radius 2 is 1.90 bits per heavy atom. The fraction of sp³-hybridized carbons (Fsp3) is 0.917. The Balaban J connectivity index is 0.00000361. The highest BCUT2D eigenvalue weighted by Gasteiger charge is 2.43. The van der Waals surface area contributed by atoms with Gasteiger partial charge in [0.05, 0.1) is 0 Å². The third kappa shape index (κ3) is 5.97. The first-order valence-electron chi connectivity index (χ1n) is 6.76. The van der Waals surface area contributed by atoms with E-state index in [9.17, 15) is 9.90 Å². The molecule has 1 aliphatic carbocycles. The Kier molecular flexibility index (Phi) is 8.05. The maximum absolute atomic E-state index is 11.4. The van der Waals surface area contributed by atoms with Crippen LogP contribution in [0.15, 0.2) is 0 Å². The minimum absolute atomic E-state index is 0. The van der Waals surface area contributed by atoms with Crippen molar-refractivity contribution in [2.45, 2.75) is 37.5 Å². The van der Waals surface area contributed by atoms with Crippen molar-refractivity contribution in [3.05, 3.63) is 0 Å². The summed E-state index contributed by atoms with van der Waals surface area (Å²) in [5, 5.41) is 27.2. The van der Waals surface area contributed by atoms with E-state index in [0.29, 0.717) is 19.3 Å². The molecule has 0 aromatic rings. The molecule has 1 aliphatic rings. The van der Waals surface area contributed by atoms with Crippen molar-refractivity contribution in [1.82, 2.24) is 4.90 Å². The van der Waals surface area contributed by atoms with Crippen molar-refractivity contribution < 1.29 is 19.9 Å². The van der Waals surface area contributed by atoms with Gasteiger partial charge in [-0.05, 0) is 51.5 Å². The van der Waals surface area contributed by atoms with Crippen LogP contribution in [0.4, 0.5) is 0 Å². The predicted molar refractivity (Wildman–Crippen MR) is 80.8 cm³/mol. The molecule has 0 amide bonds. The fourth-order valence-electron chi connectivity index (χ4n) is 3.19. The van der Waals surface area contributed by atoms with Crippen LogP contribution in [0.2, 0.25) is 6.32 Å². The van der Waals surface area contributed by atoms with Crippen LogP contribution in [-0.4, -0.2) is 59.3 Å². The summed E-state index contributed by atoms with van der Waals surface area (Å²) in [4.78, 5) is 13.4. The number of hydrogen-bond acceptors (Lipinski definition) is 5. The lowest BCUT2D eigenvalue weighted by atomic mass is 9.67. The zero-order valence-electron chi connectivity index (χ0n) is 12.2. The molecule has 0 bridgehead atoms. The van der Waals surface area contributed by atoms with Crippen LogP contribution in [0, 0.1) is 11.8 Å². The lowest BCUT2D eigenvalue weighted by Crippen LogP contribution is -2.54. The smallest absolute Gasteiger partial charge is 0.451 e. The summed E-state index contributed by atoms with van der Waals surface area (Å²) in [5.74, 6) is -0.571. The molecule has 3 atom stereocenters. The molecule has 1 rings (SSSR count). The quantitative estimate of drug-likeness (QED) is 0.516. The zero-order valence-corrected chi connectivity index (χ0v) is 13.0. The van der Waals surface area contributed by atoms with Gasteiger partial charge in [0.15, 0.2) is 0 Å². The fourth-order valence-corrected chi connectivity index (χ4v) is 3.19.